The molecule has 0 atom stereocenters. The summed E-state index contributed by atoms with van der Waals surface area (Å²) in [5.41, 5.74) is 2.90. The van der Waals surface area contributed by atoms with E-state index < -0.39 is 0 Å². The summed E-state index contributed by atoms with van der Waals surface area (Å²) in [6.45, 7) is 0.662. The van der Waals surface area contributed by atoms with E-state index in [0.717, 1.165) is 32.3 Å². The van der Waals surface area contributed by atoms with Crippen LogP contribution >= 0.6 is 15.9 Å². The molecule has 25 heavy (non-hydrogen) atoms. The zero-order chi connectivity index (χ0) is 17.1. The standard InChI is InChI=1S/C19H14BrN5/c20-15-3-1-2-14(10-15)18-24-17-12-22-9-6-16(17)19(25-18)23-11-13-4-7-21-8-5-13/h1-10,12H,11H2,(H,23,24,25). The van der Waals surface area contributed by atoms with Gasteiger partial charge < -0.3 is 5.32 Å². The normalized spacial score (nSPS) is 10.8. The summed E-state index contributed by atoms with van der Waals surface area (Å²) >= 11 is 3.50. The predicted octanol–water partition coefficient (Wildman–Crippen LogP) is 4.46. The summed E-state index contributed by atoms with van der Waals surface area (Å²) in [5.74, 6) is 1.46. The molecule has 0 aliphatic carbocycles. The van der Waals surface area contributed by atoms with Gasteiger partial charge in [-0.3, -0.25) is 9.97 Å². The second kappa shape index (κ2) is 6.94. The molecule has 1 N–H and O–H groups in total. The van der Waals surface area contributed by atoms with Crippen molar-refractivity contribution < 1.29 is 0 Å². The molecule has 0 fully saturated rings. The van der Waals surface area contributed by atoms with Gasteiger partial charge in [0.15, 0.2) is 5.82 Å². The maximum atomic E-state index is 4.74. The Bertz CT molecular complexity index is 1020. The van der Waals surface area contributed by atoms with E-state index in [1.165, 1.54) is 0 Å². The van der Waals surface area contributed by atoms with Gasteiger partial charge in [0.1, 0.15) is 5.82 Å². The van der Waals surface area contributed by atoms with E-state index in [1.54, 1.807) is 24.8 Å². The predicted molar refractivity (Wildman–Crippen MR) is 102 cm³/mol. The fourth-order valence-electron chi connectivity index (χ4n) is 2.56. The SMILES string of the molecule is Brc1cccc(-c2nc(NCc3ccncc3)c3ccncc3n2)c1. The smallest absolute Gasteiger partial charge is 0.162 e. The lowest BCUT2D eigenvalue weighted by atomic mass is 10.2. The molecule has 6 heteroatoms. The molecule has 0 bridgehead atoms. The number of halogens is 1. The number of pyridine rings is 2. The molecule has 3 aromatic heterocycles. The zero-order valence-corrected chi connectivity index (χ0v) is 14.8. The van der Waals surface area contributed by atoms with Crippen molar-refractivity contribution in [3.8, 4) is 11.4 Å². The van der Waals surface area contributed by atoms with Gasteiger partial charge in [-0.1, -0.05) is 28.1 Å². The zero-order valence-electron chi connectivity index (χ0n) is 13.2. The highest BCUT2D eigenvalue weighted by atomic mass is 79.9. The maximum absolute atomic E-state index is 4.74. The second-order valence-corrected chi connectivity index (χ2v) is 6.42. The van der Waals surface area contributed by atoms with Gasteiger partial charge in [-0.15, -0.1) is 0 Å². The number of anilines is 1. The van der Waals surface area contributed by atoms with Gasteiger partial charge in [-0.25, -0.2) is 9.97 Å². The van der Waals surface area contributed by atoms with Crippen molar-refractivity contribution >= 4 is 32.7 Å². The van der Waals surface area contributed by atoms with Crippen LogP contribution in [0.5, 0.6) is 0 Å². The minimum absolute atomic E-state index is 0.662. The highest BCUT2D eigenvalue weighted by Crippen LogP contribution is 2.26. The molecule has 5 nitrogen and oxygen atoms in total. The van der Waals surface area contributed by atoms with Crippen LogP contribution in [0.1, 0.15) is 5.56 Å². The highest BCUT2D eigenvalue weighted by Gasteiger charge is 2.10. The highest BCUT2D eigenvalue weighted by molar-refractivity contribution is 9.10. The number of nitrogens with one attached hydrogen (secondary N) is 1. The summed E-state index contributed by atoms with van der Waals surface area (Å²) < 4.78 is 0.992. The fourth-order valence-corrected chi connectivity index (χ4v) is 2.96. The second-order valence-electron chi connectivity index (χ2n) is 5.51. The Kier molecular flexibility index (Phi) is 4.35. The molecule has 0 radical (unpaired) electrons. The Morgan fingerprint density at radius 2 is 1.76 bits per heavy atom. The summed E-state index contributed by atoms with van der Waals surface area (Å²) in [5, 5.41) is 4.36. The Balaban J connectivity index is 1.76. The molecule has 0 saturated heterocycles. The van der Waals surface area contributed by atoms with Gasteiger partial charge >= 0.3 is 0 Å². The van der Waals surface area contributed by atoms with E-state index in [9.17, 15) is 0 Å². The third kappa shape index (κ3) is 3.49. The number of benzene rings is 1. The molecule has 1 aromatic carbocycles. The van der Waals surface area contributed by atoms with Crippen LogP contribution in [0, 0.1) is 0 Å². The van der Waals surface area contributed by atoms with Gasteiger partial charge in [-0.2, -0.15) is 0 Å². The maximum Gasteiger partial charge on any atom is 0.162 e. The third-order valence-electron chi connectivity index (χ3n) is 3.79. The molecule has 0 spiro atoms. The number of nitrogens with zero attached hydrogens (tertiary/aromatic N) is 4. The first-order chi connectivity index (χ1) is 12.3. The number of hydrogen-bond donors (Lipinski definition) is 1. The molecular weight excluding hydrogens is 378 g/mol. The van der Waals surface area contributed by atoms with Crippen LogP contribution in [-0.4, -0.2) is 19.9 Å². The molecule has 0 aliphatic rings. The number of hydrogen-bond acceptors (Lipinski definition) is 5. The Morgan fingerprint density at radius 3 is 2.60 bits per heavy atom. The van der Waals surface area contributed by atoms with E-state index in [1.807, 2.05) is 42.5 Å². The molecule has 3 heterocycles. The average Bonchev–Trinajstić information content (AvgIpc) is 2.67. The lowest BCUT2D eigenvalue weighted by Gasteiger charge is -2.11. The summed E-state index contributed by atoms with van der Waals surface area (Å²) in [6.07, 6.45) is 7.08. The van der Waals surface area contributed by atoms with E-state index >= 15 is 0 Å². The number of fused-ring (bicyclic) bond motifs is 1. The van der Waals surface area contributed by atoms with Crippen LogP contribution < -0.4 is 5.32 Å². The van der Waals surface area contributed by atoms with E-state index in [-0.39, 0.29) is 0 Å². The molecule has 4 aromatic rings. The van der Waals surface area contributed by atoms with Crippen molar-refractivity contribution in [3.63, 3.8) is 0 Å². The molecule has 0 unspecified atom stereocenters. The van der Waals surface area contributed by atoms with Crippen LogP contribution in [0.3, 0.4) is 0 Å². The Hall–Kier alpha value is -2.86. The van der Waals surface area contributed by atoms with Gasteiger partial charge in [0, 0.05) is 40.6 Å². The first-order valence-corrected chi connectivity index (χ1v) is 8.59. The van der Waals surface area contributed by atoms with Crippen LogP contribution in [0.25, 0.3) is 22.3 Å². The molecule has 0 amide bonds. The topological polar surface area (TPSA) is 63.6 Å². The van der Waals surface area contributed by atoms with E-state index in [0.29, 0.717) is 12.4 Å². The van der Waals surface area contributed by atoms with Crippen molar-refractivity contribution in [2.75, 3.05) is 5.32 Å². The average molecular weight is 392 g/mol. The fraction of sp³-hybridized carbons (Fsp3) is 0.0526. The van der Waals surface area contributed by atoms with Crippen molar-refractivity contribution in [3.05, 3.63) is 77.3 Å². The first-order valence-electron chi connectivity index (χ1n) is 7.80. The van der Waals surface area contributed by atoms with Gasteiger partial charge in [-0.05, 0) is 35.9 Å². The lowest BCUT2D eigenvalue weighted by molar-refractivity contribution is 1.09. The lowest BCUT2D eigenvalue weighted by Crippen LogP contribution is -2.04. The molecular formula is C19H14BrN5. The molecule has 0 saturated carbocycles. The van der Waals surface area contributed by atoms with E-state index in [4.69, 9.17) is 4.98 Å². The minimum Gasteiger partial charge on any atom is -0.365 e. The van der Waals surface area contributed by atoms with Crippen molar-refractivity contribution in [2.45, 2.75) is 6.54 Å². The third-order valence-corrected chi connectivity index (χ3v) is 4.28. The van der Waals surface area contributed by atoms with Crippen molar-refractivity contribution in [2.24, 2.45) is 0 Å². The van der Waals surface area contributed by atoms with Crippen molar-refractivity contribution in [1.29, 1.82) is 0 Å². The van der Waals surface area contributed by atoms with Gasteiger partial charge in [0.05, 0.1) is 11.7 Å². The Morgan fingerprint density at radius 1 is 0.920 bits per heavy atom. The Labute approximate surface area is 153 Å². The van der Waals surface area contributed by atoms with Crippen LogP contribution in [0.2, 0.25) is 0 Å². The molecule has 4 rings (SSSR count). The largest absolute Gasteiger partial charge is 0.365 e. The van der Waals surface area contributed by atoms with Crippen molar-refractivity contribution in [1.82, 2.24) is 19.9 Å². The first kappa shape index (κ1) is 15.7. The quantitative estimate of drug-likeness (QED) is 0.556. The van der Waals surface area contributed by atoms with Gasteiger partial charge in [0.25, 0.3) is 0 Å². The van der Waals surface area contributed by atoms with Gasteiger partial charge in [0.2, 0.25) is 0 Å². The van der Waals surface area contributed by atoms with E-state index in [2.05, 4.69) is 36.2 Å². The summed E-state index contributed by atoms with van der Waals surface area (Å²) in [6, 6.07) is 13.8. The monoisotopic (exact) mass is 391 g/mol. The summed E-state index contributed by atoms with van der Waals surface area (Å²) in [4.78, 5) is 17.6. The van der Waals surface area contributed by atoms with Crippen LogP contribution in [0.15, 0.2) is 71.7 Å². The molecule has 0 aliphatic heterocycles. The number of rotatable bonds is 4. The number of aromatic nitrogens is 4. The van der Waals surface area contributed by atoms with Crippen LogP contribution in [-0.2, 0) is 6.54 Å². The van der Waals surface area contributed by atoms with Crippen LogP contribution in [0.4, 0.5) is 5.82 Å². The molecule has 122 valence electrons. The minimum atomic E-state index is 0.662. The summed E-state index contributed by atoms with van der Waals surface area (Å²) in [7, 11) is 0.